The van der Waals surface area contributed by atoms with Gasteiger partial charge in [0.25, 0.3) is 0 Å². The van der Waals surface area contributed by atoms with E-state index < -0.39 is 0 Å². The highest BCUT2D eigenvalue weighted by molar-refractivity contribution is 5.74. The fourth-order valence-electron chi connectivity index (χ4n) is 2.44. The first kappa shape index (κ1) is 13.1. The van der Waals surface area contributed by atoms with E-state index in [1.807, 2.05) is 19.1 Å². The molecule has 2 rings (SSSR count). The smallest absolute Gasteiger partial charge is 0.144 e. The molecule has 3 heteroatoms. The second-order valence-corrected chi connectivity index (χ2v) is 5.77. The molecule has 3 nitrogen and oxygen atoms in total. The minimum atomic E-state index is 0.461. The lowest BCUT2D eigenvalue weighted by atomic mass is 9.82. The maximum absolute atomic E-state index is 6.20. The molecule has 18 heavy (non-hydrogen) atoms. The Bertz CT molecular complexity index is 405. The third kappa shape index (κ3) is 2.71. The van der Waals surface area contributed by atoms with Crippen molar-refractivity contribution in [3.63, 3.8) is 0 Å². The Labute approximate surface area is 110 Å². The molecule has 0 atom stereocenters. The van der Waals surface area contributed by atoms with Crippen molar-refractivity contribution >= 4 is 11.4 Å². The normalized spacial score (nSPS) is 18.7. The van der Waals surface area contributed by atoms with E-state index in [9.17, 15) is 0 Å². The molecule has 0 bridgehead atoms. The minimum Gasteiger partial charge on any atom is -0.492 e. The highest BCUT2D eigenvalue weighted by Crippen LogP contribution is 2.37. The summed E-state index contributed by atoms with van der Waals surface area (Å²) in [7, 11) is 0. The van der Waals surface area contributed by atoms with Crippen LogP contribution in [-0.4, -0.2) is 19.7 Å². The molecule has 1 aromatic carbocycles. The van der Waals surface area contributed by atoms with E-state index in [-0.39, 0.29) is 0 Å². The molecular formula is C15H24N2O. The van der Waals surface area contributed by atoms with E-state index in [1.165, 1.54) is 12.8 Å². The number of piperidine rings is 1. The maximum Gasteiger partial charge on any atom is 0.144 e. The Morgan fingerprint density at radius 1 is 1.28 bits per heavy atom. The molecule has 100 valence electrons. The predicted molar refractivity (Wildman–Crippen MR) is 77.3 cm³/mol. The summed E-state index contributed by atoms with van der Waals surface area (Å²) in [6.07, 6.45) is 2.43. The van der Waals surface area contributed by atoms with E-state index >= 15 is 0 Å². The second-order valence-electron chi connectivity index (χ2n) is 5.77. The van der Waals surface area contributed by atoms with Gasteiger partial charge in [-0.25, -0.2) is 0 Å². The lowest BCUT2D eigenvalue weighted by Gasteiger charge is -2.38. The van der Waals surface area contributed by atoms with Crippen molar-refractivity contribution in [1.82, 2.24) is 0 Å². The summed E-state index contributed by atoms with van der Waals surface area (Å²) in [6.45, 7) is 9.46. The Balaban J connectivity index is 2.16. The van der Waals surface area contributed by atoms with Gasteiger partial charge >= 0.3 is 0 Å². The van der Waals surface area contributed by atoms with Crippen molar-refractivity contribution in [3.8, 4) is 5.75 Å². The molecule has 0 aromatic heterocycles. The van der Waals surface area contributed by atoms with Crippen LogP contribution in [-0.2, 0) is 0 Å². The van der Waals surface area contributed by atoms with Crippen LogP contribution in [0.2, 0.25) is 0 Å². The SMILES string of the molecule is CCOc1cccc(N2CCC(C)(C)CC2)c1N. The molecule has 0 radical (unpaired) electrons. The zero-order valence-electron chi connectivity index (χ0n) is 11.7. The van der Waals surface area contributed by atoms with Crippen LogP contribution in [0.25, 0.3) is 0 Å². The number of nitrogens with zero attached hydrogens (tertiary/aromatic N) is 1. The average molecular weight is 248 g/mol. The molecule has 0 spiro atoms. The Morgan fingerprint density at radius 2 is 1.94 bits per heavy atom. The van der Waals surface area contributed by atoms with Gasteiger partial charge in [0.05, 0.1) is 18.0 Å². The maximum atomic E-state index is 6.20. The largest absolute Gasteiger partial charge is 0.492 e. The molecule has 0 saturated carbocycles. The number of ether oxygens (including phenoxy) is 1. The molecule has 1 fully saturated rings. The van der Waals surface area contributed by atoms with Crippen molar-refractivity contribution in [2.45, 2.75) is 33.6 Å². The molecule has 0 unspecified atom stereocenters. The molecule has 1 aromatic rings. The van der Waals surface area contributed by atoms with Crippen LogP contribution in [0, 0.1) is 5.41 Å². The predicted octanol–water partition coefficient (Wildman–Crippen LogP) is 3.29. The highest BCUT2D eigenvalue weighted by atomic mass is 16.5. The number of rotatable bonds is 3. The molecule has 1 aliphatic heterocycles. The number of para-hydroxylation sites is 1. The minimum absolute atomic E-state index is 0.461. The van der Waals surface area contributed by atoms with Crippen LogP contribution in [0.15, 0.2) is 18.2 Å². The summed E-state index contributed by atoms with van der Waals surface area (Å²) in [4.78, 5) is 2.38. The van der Waals surface area contributed by atoms with Gasteiger partial charge in [-0.15, -0.1) is 0 Å². The first-order chi connectivity index (χ1) is 8.53. The van der Waals surface area contributed by atoms with Crippen LogP contribution < -0.4 is 15.4 Å². The monoisotopic (exact) mass is 248 g/mol. The first-order valence-corrected chi connectivity index (χ1v) is 6.80. The average Bonchev–Trinajstić information content (AvgIpc) is 2.33. The number of hydrogen-bond acceptors (Lipinski definition) is 3. The van der Waals surface area contributed by atoms with E-state index in [2.05, 4.69) is 24.8 Å². The lowest BCUT2D eigenvalue weighted by molar-refractivity contribution is 0.280. The molecule has 1 aliphatic rings. The topological polar surface area (TPSA) is 38.5 Å². The Morgan fingerprint density at radius 3 is 2.56 bits per heavy atom. The van der Waals surface area contributed by atoms with Crippen molar-refractivity contribution in [2.75, 3.05) is 30.3 Å². The van der Waals surface area contributed by atoms with Crippen LogP contribution in [0.3, 0.4) is 0 Å². The third-order valence-corrected chi connectivity index (χ3v) is 3.80. The number of anilines is 2. The lowest BCUT2D eigenvalue weighted by Crippen LogP contribution is -2.37. The summed E-state index contributed by atoms with van der Waals surface area (Å²) in [6, 6.07) is 6.06. The second kappa shape index (κ2) is 5.09. The van der Waals surface area contributed by atoms with Gasteiger partial charge in [-0.3, -0.25) is 0 Å². The van der Waals surface area contributed by atoms with Gasteiger partial charge < -0.3 is 15.4 Å². The quantitative estimate of drug-likeness (QED) is 0.834. The standard InChI is InChI=1S/C15H24N2O/c1-4-18-13-7-5-6-12(14(13)16)17-10-8-15(2,3)9-11-17/h5-7H,4,8-11,16H2,1-3H3. The summed E-state index contributed by atoms with van der Waals surface area (Å²) in [5.74, 6) is 0.805. The van der Waals surface area contributed by atoms with E-state index in [1.54, 1.807) is 0 Å². The molecule has 1 heterocycles. The number of hydrogen-bond donors (Lipinski definition) is 1. The van der Waals surface area contributed by atoms with Gasteiger partial charge in [-0.2, -0.15) is 0 Å². The molecular weight excluding hydrogens is 224 g/mol. The summed E-state index contributed by atoms with van der Waals surface area (Å²) < 4.78 is 5.56. The van der Waals surface area contributed by atoms with Gasteiger partial charge in [0.2, 0.25) is 0 Å². The van der Waals surface area contributed by atoms with Crippen LogP contribution in [0.1, 0.15) is 33.6 Å². The highest BCUT2D eigenvalue weighted by Gasteiger charge is 2.26. The molecule has 0 aliphatic carbocycles. The zero-order valence-corrected chi connectivity index (χ0v) is 11.7. The first-order valence-electron chi connectivity index (χ1n) is 6.80. The van der Waals surface area contributed by atoms with Gasteiger partial charge in [0, 0.05) is 13.1 Å². The molecule has 0 amide bonds. The fourth-order valence-corrected chi connectivity index (χ4v) is 2.44. The van der Waals surface area contributed by atoms with Crippen LogP contribution in [0.5, 0.6) is 5.75 Å². The van der Waals surface area contributed by atoms with E-state index in [0.717, 1.165) is 30.2 Å². The van der Waals surface area contributed by atoms with Crippen molar-refractivity contribution in [1.29, 1.82) is 0 Å². The van der Waals surface area contributed by atoms with Gasteiger partial charge in [0.1, 0.15) is 5.75 Å². The molecule has 1 saturated heterocycles. The van der Waals surface area contributed by atoms with E-state index in [4.69, 9.17) is 10.5 Å². The van der Waals surface area contributed by atoms with Crippen LogP contribution in [0.4, 0.5) is 11.4 Å². The number of nitrogen functional groups attached to an aromatic ring is 1. The van der Waals surface area contributed by atoms with Crippen molar-refractivity contribution < 1.29 is 4.74 Å². The zero-order chi connectivity index (χ0) is 13.2. The number of nitrogens with two attached hydrogens (primary N) is 1. The van der Waals surface area contributed by atoms with Gasteiger partial charge in [-0.05, 0) is 37.3 Å². The summed E-state index contributed by atoms with van der Waals surface area (Å²) in [5.41, 5.74) is 8.56. The van der Waals surface area contributed by atoms with Gasteiger partial charge in [0.15, 0.2) is 0 Å². The fraction of sp³-hybridized carbons (Fsp3) is 0.600. The summed E-state index contributed by atoms with van der Waals surface area (Å²) in [5, 5.41) is 0. The Kier molecular flexibility index (Phi) is 3.69. The molecule has 2 N–H and O–H groups in total. The summed E-state index contributed by atoms with van der Waals surface area (Å²) >= 11 is 0. The number of benzene rings is 1. The van der Waals surface area contributed by atoms with E-state index in [0.29, 0.717) is 12.0 Å². The van der Waals surface area contributed by atoms with Crippen molar-refractivity contribution in [2.24, 2.45) is 5.41 Å². The van der Waals surface area contributed by atoms with Crippen LogP contribution >= 0.6 is 0 Å². The van der Waals surface area contributed by atoms with Gasteiger partial charge in [-0.1, -0.05) is 19.9 Å². The Hall–Kier alpha value is -1.38. The third-order valence-electron chi connectivity index (χ3n) is 3.80. The van der Waals surface area contributed by atoms with Crippen molar-refractivity contribution in [3.05, 3.63) is 18.2 Å².